The number of ether oxygens (including phenoxy) is 1. The van der Waals surface area contributed by atoms with Gasteiger partial charge >= 0.3 is 12.0 Å². The molecular weight excluding hydrogens is 507 g/mol. The number of halogens is 1. The second kappa shape index (κ2) is 11.2. The third kappa shape index (κ3) is 5.91. The smallest absolute Gasteiger partial charge is 0.323 e. The van der Waals surface area contributed by atoms with Crippen LogP contribution in [0, 0.1) is 19.7 Å². The van der Waals surface area contributed by atoms with Gasteiger partial charge < -0.3 is 15.4 Å². The van der Waals surface area contributed by atoms with Crippen LogP contribution in [-0.2, 0) is 4.79 Å². The molecule has 0 radical (unpaired) electrons. The van der Waals surface area contributed by atoms with Gasteiger partial charge in [0, 0.05) is 23.9 Å². The van der Waals surface area contributed by atoms with Gasteiger partial charge in [0.05, 0.1) is 11.3 Å². The van der Waals surface area contributed by atoms with Gasteiger partial charge in [0.15, 0.2) is 0 Å². The minimum absolute atomic E-state index is 0.202. The van der Waals surface area contributed by atoms with Gasteiger partial charge in [0.25, 0.3) is 0 Å². The van der Waals surface area contributed by atoms with E-state index in [-0.39, 0.29) is 11.9 Å². The zero-order chi connectivity index (χ0) is 28.2. The average molecular weight is 535 g/mol. The lowest BCUT2D eigenvalue weighted by molar-refractivity contribution is -0.132. The summed E-state index contributed by atoms with van der Waals surface area (Å²) in [6, 6.07) is 27.9. The molecule has 5 rings (SSSR count). The van der Waals surface area contributed by atoms with E-state index < -0.39 is 11.8 Å². The molecular formula is C32H27FN4O3. The number of esters is 1. The topological polar surface area (TPSA) is 85.2 Å². The van der Waals surface area contributed by atoms with E-state index in [1.807, 2.05) is 74.5 Å². The largest absolute Gasteiger partial charge is 0.407 e. The molecule has 0 bridgehead atoms. The fraction of sp³-hybridized carbons (Fsp3) is 0.0938. The molecule has 0 aliphatic heterocycles. The summed E-state index contributed by atoms with van der Waals surface area (Å²) >= 11 is 0. The summed E-state index contributed by atoms with van der Waals surface area (Å²) in [6.45, 7) is 5.28. The minimum atomic E-state index is -0.522. The number of benzene rings is 4. The Bertz CT molecular complexity index is 1680. The third-order valence-corrected chi connectivity index (χ3v) is 6.19. The number of carbonyl (C=O) groups is 2. The highest BCUT2D eigenvalue weighted by molar-refractivity contribution is 6.00. The zero-order valence-corrected chi connectivity index (χ0v) is 22.2. The number of aryl methyl sites for hydroxylation is 2. The first-order chi connectivity index (χ1) is 19.3. The van der Waals surface area contributed by atoms with Crippen LogP contribution in [0.3, 0.4) is 0 Å². The first-order valence-corrected chi connectivity index (χ1v) is 12.7. The lowest BCUT2D eigenvalue weighted by atomic mass is 10.00. The quantitative estimate of drug-likeness (QED) is 0.221. The van der Waals surface area contributed by atoms with Gasteiger partial charge in [-0.1, -0.05) is 53.6 Å². The Morgan fingerprint density at radius 2 is 1.40 bits per heavy atom. The number of nitrogens with zero attached hydrogens (tertiary/aromatic N) is 2. The van der Waals surface area contributed by atoms with Crippen LogP contribution < -0.4 is 15.4 Å². The molecule has 2 amide bonds. The Morgan fingerprint density at radius 1 is 0.775 bits per heavy atom. The van der Waals surface area contributed by atoms with E-state index in [1.165, 1.54) is 23.7 Å². The van der Waals surface area contributed by atoms with Crippen molar-refractivity contribution in [3.63, 3.8) is 0 Å². The molecule has 0 fully saturated rings. The fourth-order valence-corrected chi connectivity index (χ4v) is 4.30. The van der Waals surface area contributed by atoms with Crippen molar-refractivity contribution in [3.05, 3.63) is 114 Å². The van der Waals surface area contributed by atoms with Gasteiger partial charge in [-0.25, -0.2) is 9.18 Å². The standard InChI is InChI=1S/C32H27FN4O3/c1-20-7-13-26(14-8-20)34-32(39)35-27-15-9-23(10-16-27)29-30(24-6-4-5-21(2)19-24)36-37(31(29)40-22(3)38)28-17-11-25(33)12-18-28/h4-19H,1-3H3,(H2,34,35,39). The summed E-state index contributed by atoms with van der Waals surface area (Å²) in [7, 11) is 0. The van der Waals surface area contributed by atoms with Crippen molar-refractivity contribution < 1.29 is 18.7 Å². The Labute approximate surface area is 231 Å². The summed E-state index contributed by atoms with van der Waals surface area (Å²) < 4.78 is 20.9. The molecule has 1 aromatic heterocycles. The van der Waals surface area contributed by atoms with Gasteiger partial charge in [-0.15, -0.1) is 0 Å². The van der Waals surface area contributed by atoms with Crippen LogP contribution in [0.2, 0.25) is 0 Å². The predicted molar refractivity (Wildman–Crippen MR) is 154 cm³/mol. The summed E-state index contributed by atoms with van der Waals surface area (Å²) in [4.78, 5) is 24.7. The molecule has 5 aromatic rings. The van der Waals surface area contributed by atoms with E-state index in [0.29, 0.717) is 33.9 Å². The van der Waals surface area contributed by atoms with Crippen LogP contribution in [0.15, 0.2) is 97.1 Å². The van der Waals surface area contributed by atoms with Crippen LogP contribution in [0.25, 0.3) is 28.1 Å². The van der Waals surface area contributed by atoms with Gasteiger partial charge in [-0.3, -0.25) is 4.79 Å². The van der Waals surface area contributed by atoms with Crippen LogP contribution in [0.5, 0.6) is 5.88 Å². The van der Waals surface area contributed by atoms with Crippen molar-refractivity contribution in [2.45, 2.75) is 20.8 Å². The number of hydrogen-bond donors (Lipinski definition) is 2. The Kier molecular flexibility index (Phi) is 7.41. The van der Waals surface area contributed by atoms with E-state index in [1.54, 1.807) is 24.3 Å². The summed E-state index contributed by atoms with van der Waals surface area (Å²) in [6.07, 6.45) is 0. The van der Waals surface area contributed by atoms with Crippen molar-refractivity contribution in [2.75, 3.05) is 10.6 Å². The Balaban J connectivity index is 1.54. The molecule has 1 heterocycles. The number of hydrogen-bond acceptors (Lipinski definition) is 4. The van der Waals surface area contributed by atoms with Crippen molar-refractivity contribution in [2.24, 2.45) is 0 Å². The average Bonchev–Trinajstić information content (AvgIpc) is 3.29. The maximum Gasteiger partial charge on any atom is 0.323 e. The maximum atomic E-state index is 13.7. The highest BCUT2D eigenvalue weighted by Crippen LogP contribution is 2.41. The molecule has 0 atom stereocenters. The summed E-state index contributed by atoms with van der Waals surface area (Å²) in [5.41, 5.74) is 6.63. The number of amides is 2. The minimum Gasteiger partial charge on any atom is -0.407 e. The molecule has 2 N–H and O–H groups in total. The maximum absolute atomic E-state index is 13.7. The van der Waals surface area contributed by atoms with Crippen LogP contribution in [0.1, 0.15) is 18.1 Å². The number of rotatable bonds is 6. The highest BCUT2D eigenvalue weighted by atomic mass is 19.1. The molecule has 7 nitrogen and oxygen atoms in total. The summed E-state index contributed by atoms with van der Waals surface area (Å²) in [5, 5.41) is 10.4. The van der Waals surface area contributed by atoms with Gasteiger partial charge in [0.2, 0.25) is 5.88 Å². The number of anilines is 2. The molecule has 4 aromatic carbocycles. The summed E-state index contributed by atoms with van der Waals surface area (Å²) in [5.74, 6) is -0.710. The SMILES string of the molecule is CC(=O)Oc1c(-c2ccc(NC(=O)Nc3ccc(C)cc3)cc2)c(-c2cccc(C)c2)nn1-c1ccc(F)cc1. The van der Waals surface area contributed by atoms with E-state index in [0.717, 1.165) is 16.7 Å². The van der Waals surface area contributed by atoms with Gasteiger partial charge in [-0.2, -0.15) is 9.78 Å². The van der Waals surface area contributed by atoms with Crippen LogP contribution in [-0.4, -0.2) is 21.8 Å². The van der Waals surface area contributed by atoms with Crippen LogP contribution in [0.4, 0.5) is 20.6 Å². The Morgan fingerprint density at radius 3 is 2.00 bits per heavy atom. The monoisotopic (exact) mass is 534 g/mol. The zero-order valence-electron chi connectivity index (χ0n) is 22.2. The molecule has 0 unspecified atom stereocenters. The van der Waals surface area contributed by atoms with E-state index in [4.69, 9.17) is 9.84 Å². The van der Waals surface area contributed by atoms with Crippen molar-refractivity contribution in [1.82, 2.24) is 9.78 Å². The van der Waals surface area contributed by atoms with Crippen molar-refractivity contribution in [1.29, 1.82) is 0 Å². The highest BCUT2D eigenvalue weighted by Gasteiger charge is 2.24. The lowest BCUT2D eigenvalue weighted by Crippen LogP contribution is -2.19. The Hall–Kier alpha value is -5.24. The van der Waals surface area contributed by atoms with Gasteiger partial charge in [-0.05, 0) is 74.0 Å². The van der Waals surface area contributed by atoms with E-state index >= 15 is 0 Å². The number of urea groups is 1. The number of aromatic nitrogens is 2. The number of nitrogens with one attached hydrogen (secondary N) is 2. The first-order valence-electron chi connectivity index (χ1n) is 12.7. The fourth-order valence-electron chi connectivity index (χ4n) is 4.30. The second-order valence-electron chi connectivity index (χ2n) is 9.40. The van der Waals surface area contributed by atoms with E-state index in [9.17, 15) is 14.0 Å². The van der Waals surface area contributed by atoms with Crippen LogP contribution >= 0.6 is 0 Å². The second-order valence-corrected chi connectivity index (χ2v) is 9.40. The molecule has 0 spiro atoms. The molecule has 0 aliphatic rings. The van der Waals surface area contributed by atoms with E-state index in [2.05, 4.69) is 10.6 Å². The number of carbonyl (C=O) groups excluding carboxylic acids is 2. The lowest BCUT2D eigenvalue weighted by Gasteiger charge is -2.11. The molecule has 0 saturated heterocycles. The van der Waals surface area contributed by atoms with Gasteiger partial charge in [0.1, 0.15) is 11.5 Å². The molecule has 200 valence electrons. The molecule has 0 saturated carbocycles. The molecule has 0 aliphatic carbocycles. The third-order valence-electron chi connectivity index (χ3n) is 6.19. The predicted octanol–water partition coefficient (Wildman–Crippen LogP) is 7.53. The first kappa shape index (κ1) is 26.4. The molecule has 40 heavy (non-hydrogen) atoms. The normalized spacial score (nSPS) is 10.7. The van der Waals surface area contributed by atoms with Crippen molar-refractivity contribution in [3.8, 4) is 34.0 Å². The molecule has 8 heteroatoms. The van der Waals surface area contributed by atoms with Crippen molar-refractivity contribution >= 4 is 23.4 Å².